The predicted octanol–water partition coefficient (Wildman–Crippen LogP) is 6.77. The fraction of sp³-hybridized carbons (Fsp3) is 0.0833. The van der Waals surface area contributed by atoms with E-state index in [2.05, 4.69) is 86.6 Å². The molecule has 0 saturated carbocycles. The average molecular weight is 306 g/mol. The molecule has 0 N–H and O–H groups in total. The molecule has 1 aliphatic carbocycles. The van der Waals surface area contributed by atoms with E-state index >= 15 is 0 Å². The maximum Gasteiger partial charge on any atom is -0.00235 e. The van der Waals surface area contributed by atoms with Gasteiger partial charge in [-0.05, 0) is 69.1 Å². The van der Waals surface area contributed by atoms with Gasteiger partial charge in [0.1, 0.15) is 0 Å². The number of fused-ring (bicyclic) bond motifs is 5. The van der Waals surface area contributed by atoms with Gasteiger partial charge in [0.05, 0.1) is 0 Å². The molecule has 0 nitrogen and oxygen atoms in total. The first kappa shape index (κ1) is 13.6. The molecule has 0 heteroatoms. The first-order chi connectivity index (χ1) is 11.8. The van der Waals surface area contributed by atoms with Crippen molar-refractivity contribution in [2.45, 2.75) is 13.8 Å². The van der Waals surface area contributed by atoms with E-state index in [1.165, 1.54) is 55.3 Å². The third kappa shape index (κ3) is 1.68. The molecule has 0 unspecified atom stereocenters. The zero-order chi connectivity index (χ0) is 16.3. The zero-order valence-corrected chi connectivity index (χ0v) is 13.9. The van der Waals surface area contributed by atoms with Crippen molar-refractivity contribution in [1.82, 2.24) is 0 Å². The fourth-order valence-electron chi connectivity index (χ4n) is 4.15. The molecule has 1 aliphatic rings. The molecule has 0 saturated heterocycles. The summed E-state index contributed by atoms with van der Waals surface area (Å²) in [4.78, 5) is 0. The minimum absolute atomic E-state index is 1.33. The van der Waals surface area contributed by atoms with Crippen molar-refractivity contribution in [3.63, 3.8) is 0 Å². The van der Waals surface area contributed by atoms with Crippen LogP contribution in [0.2, 0.25) is 0 Å². The fourth-order valence-corrected chi connectivity index (χ4v) is 4.15. The smallest absolute Gasteiger partial charge is 0.00235 e. The number of hydrogen-bond donors (Lipinski definition) is 0. The predicted molar refractivity (Wildman–Crippen MR) is 103 cm³/mol. The summed E-state index contributed by atoms with van der Waals surface area (Å²) < 4.78 is 0. The summed E-state index contributed by atoms with van der Waals surface area (Å²) in [6, 6.07) is 26.6. The SMILES string of the molecule is Cc1cc2cccc3c2c(c1C)-c1ccccc1-c1ccccc1-3. The Morgan fingerprint density at radius 1 is 0.542 bits per heavy atom. The maximum atomic E-state index is 2.33. The van der Waals surface area contributed by atoms with Gasteiger partial charge < -0.3 is 0 Å². The molecule has 0 heterocycles. The lowest BCUT2D eigenvalue weighted by Gasteiger charge is -2.15. The highest BCUT2D eigenvalue weighted by atomic mass is 14.3. The Morgan fingerprint density at radius 2 is 1.08 bits per heavy atom. The van der Waals surface area contributed by atoms with E-state index in [4.69, 9.17) is 0 Å². The summed E-state index contributed by atoms with van der Waals surface area (Å²) in [6.07, 6.45) is 0. The van der Waals surface area contributed by atoms with Gasteiger partial charge in [-0.2, -0.15) is 0 Å². The second-order valence-corrected chi connectivity index (χ2v) is 6.69. The highest BCUT2D eigenvalue weighted by Gasteiger charge is 2.22. The number of aryl methyl sites for hydroxylation is 1. The molecular formula is C24H18. The number of hydrogen-bond acceptors (Lipinski definition) is 0. The quantitative estimate of drug-likeness (QED) is 0.296. The van der Waals surface area contributed by atoms with Crippen molar-refractivity contribution in [2.24, 2.45) is 0 Å². The third-order valence-corrected chi connectivity index (χ3v) is 5.39. The lowest BCUT2D eigenvalue weighted by molar-refractivity contribution is 1.36. The summed E-state index contributed by atoms with van der Waals surface area (Å²) >= 11 is 0. The minimum Gasteiger partial charge on any atom is -0.0616 e. The molecule has 5 rings (SSSR count). The van der Waals surface area contributed by atoms with Crippen LogP contribution in [0.5, 0.6) is 0 Å². The van der Waals surface area contributed by atoms with Gasteiger partial charge in [0.25, 0.3) is 0 Å². The summed E-state index contributed by atoms with van der Waals surface area (Å²) in [5.74, 6) is 0. The molecular weight excluding hydrogens is 288 g/mol. The lowest BCUT2D eigenvalue weighted by atomic mass is 9.88. The molecule has 0 aromatic heterocycles. The van der Waals surface area contributed by atoms with E-state index in [0.29, 0.717) is 0 Å². The second kappa shape index (κ2) is 4.82. The van der Waals surface area contributed by atoms with E-state index < -0.39 is 0 Å². The van der Waals surface area contributed by atoms with Crippen LogP contribution in [0, 0.1) is 13.8 Å². The van der Waals surface area contributed by atoms with Crippen LogP contribution in [0.25, 0.3) is 44.2 Å². The first-order valence-electron chi connectivity index (χ1n) is 8.48. The third-order valence-electron chi connectivity index (χ3n) is 5.39. The van der Waals surface area contributed by atoms with Crippen LogP contribution in [0.3, 0.4) is 0 Å². The van der Waals surface area contributed by atoms with Crippen molar-refractivity contribution in [3.8, 4) is 33.4 Å². The van der Waals surface area contributed by atoms with Gasteiger partial charge in [-0.15, -0.1) is 0 Å². The summed E-state index contributed by atoms with van der Waals surface area (Å²) in [5, 5.41) is 2.72. The van der Waals surface area contributed by atoms with E-state index in [0.717, 1.165) is 0 Å². The van der Waals surface area contributed by atoms with E-state index in [9.17, 15) is 0 Å². The standard InChI is InChI=1S/C24H18/c1-15-14-17-8-7-13-22-20-11-4-3-9-18(20)19-10-5-6-12-21(19)23(16(15)2)24(17)22/h3-14H,1-2H3. The number of benzene rings is 4. The molecule has 0 bridgehead atoms. The Balaban J connectivity index is 2.13. The Bertz CT molecular complexity index is 1120. The molecule has 0 atom stereocenters. The van der Waals surface area contributed by atoms with Gasteiger partial charge in [-0.3, -0.25) is 0 Å². The molecule has 0 amide bonds. The highest BCUT2D eigenvalue weighted by Crippen LogP contribution is 2.48. The Hall–Kier alpha value is -2.86. The minimum atomic E-state index is 1.33. The summed E-state index contributed by atoms with van der Waals surface area (Å²) in [6.45, 7) is 4.48. The molecule has 0 radical (unpaired) electrons. The topological polar surface area (TPSA) is 0 Å². The Kier molecular flexibility index (Phi) is 2.72. The van der Waals surface area contributed by atoms with Crippen molar-refractivity contribution >= 4 is 10.8 Å². The van der Waals surface area contributed by atoms with Crippen molar-refractivity contribution in [2.75, 3.05) is 0 Å². The molecule has 114 valence electrons. The summed E-state index contributed by atoms with van der Waals surface area (Å²) in [7, 11) is 0. The van der Waals surface area contributed by atoms with Crippen LogP contribution >= 0.6 is 0 Å². The number of rotatable bonds is 0. The molecule has 4 aromatic carbocycles. The monoisotopic (exact) mass is 306 g/mol. The van der Waals surface area contributed by atoms with Gasteiger partial charge >= 0.3 is 0 Å². The van der Waals surface area contributed by atoms with Crippen LogP contribution in [0.1, 0.15) is 11.1 Å². The van der Waals surface area contributed by atoms with Gasteiger partial charge in [-0.1, -0.05) is 72.8 Å². The highest BCUT2D eigenvalue weighted by molar-refractivity contribution is 6.14. The molecule has 4 aromatic rings. The molecule has 0 fully saturated rings. The van der Waals surface area contributed by atoms with Crippen LogP contribution in [-0.2, 0) is 0 Å². The van der Waals surface area contributed by atoms with E-state index in [-0.39, 0.29) is 0 Å². The van der Waals surface area contributed by atoms with Crippen LogP contribution in [0.15, 0.2) is 72.8 Å². The maximum absolute atomic E-state index is 2.33. The van der Waals surface area contributed by atoms with Crippen LogP contribution < -0.4 is 0 Å². The van der Waals surface area contributed by atoms with E-state index in [1.54, 1.807) is 0 Å². The summed E-state index contributed by atoms with van der Waals surface area (Å²) in [5.41, 5.74) is 10.8. The van der Waals surface area contributed by atoms with Crippen LogP contribution in [0.4, 0.5) is 0 Å². The Morgan fingerprint density at radius 3 is 1.79 bits per heavy atom. The van der Waals surface area contributed by atoms with Gasteiger partial charge in [0.2, 0.25) is 0 Å². The molecule has 24 heavy (non-hydrogen) atoms. The van der Waals surface area contributed by atoms with Crippen LogP contribution in [-0.4, -0.2) is 0 Å². The zero-order valence-electron chi connectivity index (χ0n) is 13.9. The largest absolute Gasteiger partial charge is 0.0616 e. The Labute approximate surface area is 142 Å². The second-order valence-electron chi connectivity index (χ2n) is 6.69. The van der Waals surface area contributed by atoms with Crippen molar-refractivity contribution in [1.29, 1.82) is 0 Å². The van der Waals surface area contributed by atoms with E-state index in [1.807, 2.05) is 0 Å². The van der Waals surface area contributed by atoms with Crippen molar-refractivity contribution < 1.29 is 0 Å². The van der Waals surface area contributed by atoms with Crippen molar-refractivity contribution in [3.05, 3.63) is 83.9 Å². The molecule has 0 spiro atoms. The first-order valence-corrected chi connectivity index (χ1v) is 8.48. The average Bonchev–Trinajstić information content (AvgIpc) is 2.74. The molecule has 0 aliphatic heterocycles. The van der Waals surface area contributed by atoms with Gasteiger partial charge in [0.15, 0.2) is 0 Å². The van der Waals surface area contributed by atoms with Gasteiger partial charge in [-0.25, -0.2) is 0 Å². The van der Waals surface area contributed by atoms with Gasteiger partial charge in [0, 0.05) is 0 Å². The normalized spacial score (nSPS) is 11.8. The lowest BCUT2D eigenvalue weighted by Crippen LogP contribution is -1.91.